The first kappa shape index (κ1) is 23.7. The topological polar surface area (TPSA) is 27.0 Å². The fraction of sp³-hybridized carbons (Fsp3) is 0.278. The minimum Gasteiger partial charge on any atom is -0.358 e. The third-order valence-electron chi connectivity index (χ3n) is 3.67. The molecule has 12 heteroatoms. The smallest absolute Gasteiger partial charge is 0.358 e. The molecule has 0 saturated heterocycles. The van der Waals surface area contributed by atoms with Crippen LogP contribution in [0.4, 0.5) is 45.2 Å². The van der Waals surface area contributed by atoms with E-state index in [2.05, 4.69) is 0 Å². The summed E-state index contributed by atoms with van der Waals surface area (Å²) in [6.45, 7) is -2.25. The number of benzene rings is 2. The van der Waals surface area contributed by atoms with Crippen molar-refractivity contribution in [3.05, 3.63) is 59.2 Å². The van der Waals surface area contributed by atoms with Crippen LogP contribution in [0.5, 0.6) is 0 Å². The van der Waals surface area contributed by atoms with E-state index in [1.54, 1.807) is 0 Å². The highest BCUT2D eigenvalue weighted by Gasteiger charge is 2.36. The average molecular weight is 458 g/mol. The minimum atomic E-state index is -4.98. The van der Waals surface area contributed by atoms with E-state index in [1.807, 2.05) is 0 Å². The van der Waals surface area contributed by atoms with Gasteiger partial charge in [0.05, 0.1) is 17.2 Å². The lowest BCUT2D eigenvalue weighted by Crippen LogP contribution is -2.34. The van der Waals surface area contributed by atoms with Crippen molar-refractivity contribution in [2.24, 2.45) is 0 Å². The zero-order valence-corrected chi connectivity index (χ0v) is 15.5. The standard InChI is InChI=1S/C18H11F9N2S/c19-16(20,21)10-29(9-11-2-1-3-14(6-11)30-18(25,26)27)13-5-4-12(8-28)15(7-13)17(22,23)24/h1-7H,9-10H2. The number of alkyl halides is 9. The highest BCUT2D eigenvalue weighted by atomic mass is 32.2. The maximum Gasteiger partial charge on any atom is 0.446 e. The molecule has 0 unspecified atom stereocenters. The van der Waals surface area contributed by atoms with Gasteiger partial charge in [-0.15, -0.1) is 0 Å². The number of hydrogen-bond donors (Lipinski definition) is 0. The summed E-state index contributed by atoms with van der Waals surface area (Å²) in [5, 5.41) is 8.82. The fourth-order valence-electron chi connectivity index (χ4n) is 2.58. The second kappa shape index (κ2) is 8.67. The maximum absolute atomic E-state index is 13.2. The molecular weight excluding hydrogens is 447 g/mol. The normalized spacial score (nSPS) is 12.5. The van der Waals surface area contributed by atoms with Crippen LogP contribution in [0.3, 0.4) is 0 Å². The first-order valence-electron chi connectivity index (χ1n) is 7.96. The van der Waals surface area contributed by atoms with E-state index in [0.717, 1.165) is 24.3 Å². The molecule has 30 heavy (non-hydrogen) atoms. The van der Waals surface area contributed by atoms with Crippen LogP contribution in [0.1, 0.15) is 16.7 Å². The number of hydrogen-bond acceptors (Lipinski definition) is 3. The zero-order chi connectivity index (χ0) is 22.7. The molecule has 0 atom stereocenters. The molecule has 0 fully saturated rings. The van der Waals surface area contributed by atoms with Gasteiger partial charge in [-0.1, -0.05) is 12.1 Å². The van der Waals surface area contributed by atoms with Crippen LogP contribution in [-0.2, 0) is 12.7 Å². The Labute approximate surface area is 168 Å². The van der Waals surface area contributed by atoms with E-state index in [4.69, 9.17) is 5.26 Å². The summed E-state index contributed by atoms with van der Waals surface area (Å²) in [6, 6.07) is 8.00. The van der Waals surface area contributed by atoms with Crippen molar-refractivity contribution in [1.82, 2.24) is 0 Å². The van der Waals surface area contributed by atoms with Crippen LogP contribution in [0.25, 0.3) is 0 Å². The van der Waals surface area contributed by atoms with Crippen molar-refractivity contribution in [2.45, 2.75) is 29.3 Å². The highest BCUT2D eigenvalue weighted by molar-refractivity contribution is 8.00. The lowest BCUT2D eigenvalue weighted by Gasteiger charge is -2.27. The summed E-state index contributed by atoms with van der Waals surface area (Å²) in [6.07, 6.45) is -9.78. The highest BCUT2D eigenvalue weighted by Crippen LogP contribution is 2.38. The van der Waals surface area contributed by atoms with Gasteiger partial charge in [-0.3, -0.25) is 0 Å². The second-order valence-electron chi connectivity index (χ2n) is 6.01. The van der Waals surface area contributed by atoms with Gasteiger partial charge >= 0.3 is 17.9 Å². The van der Waals surface area contributed by atoms with Gasteiger partial charge in [0.1, 0.15) is 6.54 Å². The molecule has 0 N–H and O–H groups in total. The largest absolute Gasteiger partial charge is 0.446 e. The molecule has 2 aromatic rings. The summed E-state index contributed by atoms with van der Waals surface area (Å²) in [5.41, 5.74) is -7.23. The van der Waals surface area contributed by atoms with Crippen molar-refractivity contribution in [3.63, 3.8) is 0 Å². The molecule has 0 amide bonds. The Hall–Kier alpha value is -2.55. The Morgan fingerprint density at radius 2 is 1.57 bits per heavy atom. The molecule has 0 radical (unpaired) electrons. The van der Waals surface area contributed by atoms with Crippen molar-refractivity contribution >= 4 is 17.4 Å². The van der Waals surface area contributed by atoms with Crippen LogP contribution in [0.2, 0.25) is 0 Å². The zero-order valence-electron chi connectivity index (χ0n) is 14.7. The number of nitrogens with zero attached hydrogens (tertiary/aromatic N) is 2. The van der Waals surface area contributed by atoms with E-state index in [9.17, 15) is 39.5 Å². The van der Waals surface area contributed by atoms with Gasteiger partial charge in [-0.05, 0) is 47.7 Å². The van der Waals surface area contributed by atoms with Crippen LogP contribution < -0.4 is 4.90 Å². The first-order valence-corrected chi connectivity index (χ1v) is 8.77. The number of nitriles is 1. The predicted octanol–water partition coefficient (Wildman–Crippen LogP) is 6.76. The molecule has 0 aliphatic heterocycles. The molecule has 2 rings (SSSR count). The number of anilines is 1. The van der Waals surface area contributed by atoms with Crippen molar-refractivity contribution < 1.29 is 39.5 Å². The van der Waals surface area contributed by atoms with E-state index in [-0.39, 0.29) is 10.5 Å². The van der Waals surface area contributed by atoms with Crippen LogP contribution >= 0.6 is 11.8 Å². The molecule has 0 saturated carbocycles. The SMILES string of the molecule is N#Cc1ccc(N(Cc2cccc(SC(F)(F)F)c2)CC(F)(F)F)cc1C(F)(F)F. The quantitative estimate of drug-likeness (QED) is 0.366. The lowest BCUT2D eigenvalue weighted by atomic mass is 10.1. The summed E-state index contributed by atoms with van der Waals surface area (Å²) in [4.78, 5) is 0.274. The summed E-state index contributed by atoms with van der Waals surface area (Å²) in [5.74, 6) is 0. The Balaban J connectivity index is 2.44. The molecule has 0 spiro atoms. The third kappa shape index (κ3) is 7.05. The lowest BCUT2D eigenvalue weighted by molar-refractivity contribution is -0.137. The molecule has 0 aliphatic rings. The average Bonchev–Trinajstić information content (AvgIpc) is 2.57. The van der Waals surface area contributed by atoms with Gasteiger partial charge in [0, 0.05) is 17.1 Å². The molecule has 0 bridgehead atoms. The second-order valence-corrected chi connectivity index (χ2v) is 7.14. The first-order chi connectivity index (χ1) is 13.7. The fourth-order valence-corrected chi connectivity index (χ4v) is 3.20. The monoisotopic (exact) mass is 458 g/mol. The van der Waals surface area contributed by atoms with Gasteiger partial charge in [0.25, 0.3) is 0 Å². The van der Waals surface area contributed by atoms with E-state index < -0.39 is 59.5 Å². The van der Waals surface area contributed by atoms with Crippen LogP contribution in [-0.4, -0.2) is 18.2 Å². The molecule has 0 heterocycles. The number of rotatable bonds is 5. The maximum atomic E-state index is 13.2. The van der Waals surface area contributed by atoms with Gasteiger partial charge in [-0.25, -0.2) is 0 Å². The summed E-state index contributed by atoms with van der Waals surface area (Å²) in [7, 11) is 0. The molecule has 2 aromatic carbocycles. The van der Waals surface area contributed by atoms with Crippen molar-refractivity contribution in [3.8, 4) is 6.07 Å². The number of thioether (sulfide) groups is 1. The van der Waals surface area contributed by atoms with Crippen molar-refractivity contribution in [1.29, 1.82) is 5.26 Å². The van der Waals surface area contributed by atoms with Crippen molar-refractivity contribution in [2.75, 3.05) is 11.4 Å². The molecule has 0 aliphatic carbocycles. The Kier molecular flexibility index (Phi) is 6.86. The summed E-state index contributed by atoms with van der Waals surface area (Å²) < 4.78 is 116. The molecule has 2 nitrogen and oxygen atoms in total. The molecule has 162 valence electrons. The van der Waals surface area contributed by atoms with Gasteiger partial charge in [0.15, 0.2) is 0 Å². The Morgan fingerprint density at radius 3 is 2.10 bits per heavy atom. The van der Waals surface area contributed by atoms with Crippen LogP contribution in [0, 0.1) is 11.3 Å². The van der Waals surface area contributed by atoms with Gasteiger partial charge < -0.3 is 4.90 Å². The van der Waals surface area contributed by atoms with E-state index in [0.29, 0.717) is 11.0 Å². The minimum absolute atomic E-state index is 0.0337. The Morgan fingerprint density at radius 1 is 0.900 bits per heavy atom. The molecule has 0 aromatic heterocycles. The van der Waals surface area contributed by atoms with E-state index >= 15 is 0 Å². The predicted molar refractivity (Wildman–Crippen MR) is 91.6 cm³/mol. The van der Waals surface area contributed by atoms with Crippen LogP contribution in [0.15, 0.2) is 47.4 Å². The van der Waals surface area contributed by atoms with Gasteiger partial charge in [0.2, 0.25) is 0 Å². The Bertz CT molecular complexity index is 927. The van der Waals surface area contributed by atoms with Gasteiger partial charge in [-0.2, -0.15) is 44.8 Å². The summed E-state index contributed by atoms with van der Waals surface area (Å²) >= 11 is -0.464. The number of halogens is 9. The van der Waals surface area contributed by atoms with E-state index in [1.165, 1.54) is 18.2 Å². The third-order valence-corrected chi connectivity index (χ3v) is 4.39. The molecular formula is C18H11F9N2S.